The Kier molecular flexibility index (Phi) is 10.2. The maximum Gasteiger partial charge on any atom is 0.139 e. The number of aliphatic hydroxyl groups is 1. The van der Waals surface area contributed by atoms with Crippen LogP contribution in [0, 0.1) is 17.8 Å². The number of carbonyl (C=O) groups excluding carboxylic acids is 2. The Bertz CT molecular complexity index is 413. The van der Waals surface area contributed by atoms with Crippen LogP contribution in [0.3, 0.4) is 0 Å². The van der Waals surface area contributed by atoms with Gasteiger partial charge in [0.15, 0.2) is 0 Å². The molecule has 0 radical (unpaired) electrons. The van der Waals surface area contributed by atoms with Gasteiger partial charge in [0.1, 0.15) is 11.6 Å². The lowest BCUT2D eigenvalue weighted by Crippen LogP contribution is -2.21. The van der Waals surface area contributed by atoms with E-state index in [1.807, 2.05) is 0 Å². The van der Waals surface area contributed by atoms with Crippen molar-refractivity contribution in [3.8, 4) is 0 Å². The molecule has 0 heterocycles. The average Bonchev–Trinajstić information content (AvgIpc) is 2.82. The van der Waals surface area contributed by atoms with Crippen molar-refractivity contribution in [1.29, 1.82) is 0 Å². The van der Waals surface area contributed by atoms with E-state index in [2.05, 4.69) is 32.9 Å². The highest BCUT2D eigenvalue weighted by Crippen LogP contribution is 2.35. The van der Waals surface area contributed by atoms with E-state index in [9.17, 15) is 14.7 Å². The Balaban J connectivity index is 2.44. The molecule has 0 saturated heterocycles. The zero-order valence-electron chi connectivity index (χ0n) is 15.8. The van der Waals surface area contributed by atoms with Crippen LogP contribution >= 0.6 is 0 Å². The van der Waals surface area contributed by atoms with Crippen molar-refractivity contribution in [2.24, 2.45) is 17.8 Å². The highest BCUT2D eigenvalue weighted by Gasteiger charge is 2.40. The third-order valence-electron chi connectivity index (χ3n) is 5.44. The standard InChI is InChI=1S/C21H36O3/c1-4-6-7-11-17(22)13-14-19-18(20(23)15-21(19)24)12-9-8-10-16(3)5-2/h8-9,16,18-19,21,24H,4-7,10-15H2,1-3H3/b9-8-/t16?,18?,19-,21?/m1/s1. The molecule has 1 fully saturated rings. The van der Waals surface area contributed by atoms with E-state index in [0.717, 1.165) is 32.1 Å². The SMILES string of the molecule is CCCCCC(=O)CC[C@H]1C(O)CC(=O)C1C/C=C\CC(C)CC. The Hall–Kier alpha value is -0.960. The summed E-state index contributed by atoms with van der Waals surface area (Å²) >= 11 is 0. The molecule has 0 bridgehead atoms. The van der Waals surface area contributed by atoms with Crippen molar-refractivity contribution in [2.75, 3.05) is 0 Å². The number of rotatable bonds is 12. The first-order chi connectivity index (χ1) is 11.5. The van der Waals surface area contributed by atoms with Gasteiger partial charge in [-0.2, -0.15) is 0 Å². The molecule has 1 rings (SSSR count). The van der Waals surface area contributed by atoms with Gasteiger partial charge in [0, 0.05) is 25.2 Å². The topological polar surface area (TPSA) is 54.4 Å². The first kappa shape index (κ1) is 21.1. The van der Waals surface area contributed by atoms with Crippen LogP contribution in [0.5, 0.6) is 0 Å². The Labute approximate surface area is 147 Å². The van der Waals surface area contributed by atoms with Gasteiger partial charge < -0.3 is 5.11 Å². The maximum atomic E-state index is 12.2. The molecule has 0 aliphatic heterocycles. The summed E-state index contributed by atoms with van der Waals surface area (Å²) in [5.74, 6) is 0.973. The van der Waals surface area contributed by atoms with Gasteiger partial charge in [0.2, 0.25) is 0 Å². The highest BCUT2D eigenvalue weighted by molar-refractivity contribution is 5.84. The second kappa shape index (κ2) is 11.6. The number of hydrogen-bond donors (Lipinski definition) is 1. The molecule has 138 valence electrons. The van der Waals surface area contributed by atoms with Crippen LogP contribution in [-0.2, 0) is 9.59 Å². The van der Waals surface area contributed by atoms with Crippen molar-refractivity contribution >= 4 is 11.6 Å². The smallest absolute Gasteiger partial charge is 0.139 e. The summed E-state index contributed by atoms with van der Waals surface area (Å²) < 4.78 is 0. The summed E-state index contributed by atoms with van der Waals surface area (Å²) in [4.78, 5) is 24.1. The van der Waals surface area contributed by atoms with E-state index < -0.39 is 6.10 Å². The summed E-state index contributed by atoms with van der Waals surface area (Å²) in [6.45, 7) is 6.54. The molecule has 1 saturated carbocycles. The first-order valence-corrected chi connectivity index (χ1v) is 9.87. The molecule has 3 nitrogen and oxygen atoms in total. The van der Waals surface area contributed by atoms with E-state index in [4.69, 9.17) is 0 Å². The fraction of sp³-hybridized carbons (Fsp3) is 0.810. The van der Waals surface area contributed by atoms with Crippen LogP contribution in [0.25, 0.3) is 0 Å². The summed E-state index contributed by atoms with van der Waals surface area (Å²) in [6.07, 6.45) is 11.9. The molecular weight excluding hydrogens is 300 g/mol. The lowest BCUT2D eigenvalue weighted by atomic mass is 9.86. The Morgan fingerprint density at radius 1 is 1.25 bits per heavy atom. The van der Waals surface area contributed by atoms with Crippen molar-refractivity contribution in [3.05, 3.63) is 12.2 Å². The monoisotopic (exact) mass is 336 g/mol. The van der Waals surface area contributed by atoms with Gasteiger partial charge in [-0.3, -0.25) is 9.59 Å². The molecule has 1 aliphatic rings. The zero-order chi connectivity index (χ0) is 17.9. The predicted octanol–water partition coefficient (Wildman–Crippen LogP) is 4.86. The summed E-state index contributed by atoms with van der Waals surface area (Å²) in [6, 6.07) is 0. The first-order valence-electron chi connectivity index (χ1n) is 9.87. The van der Waals surface area contributed by atoms with Crippen LogP contribution < -0.4 is 0 Å². The Morgan fingerprint density at radius 2 is 2.00 bits per heavy atom. The third kappa shape index (κ3) is 7.29. The van der Waals surface area contributed by atoms with Gasteiger partial charge in [0.05, 0.1) is 6.10 Å². The molecule has 0 spiro atoms. The minimum absolute atomic E-state index is 0.0409. The second-order valence-electron chi connectivity index (χ2n) is 7.50. The lowest BCUT2D eigenvalue weighted by molar-refractivity contribution is -0.122. The van der Waals surface area contributed by atoms with Gasteiger partial charge in [-0.15, -0.1) is 0 Å². The van der Waals surface area contributed by atoms with E-state index >= 15 is 0 Å². The van der Waals surface area contributed by atoms with Crippen molar-refractivity contribution in [3.63, 3.8) is 0 Å². The fourth-order valence-corrected chi connectivity index (χ4v) is 3.48. The summed E-state index contributed by atoms with van der Waals surface area (Å²) in [5.41, 5.74) is 0. The van der Waals surface area contributed by atoms with E-state index in [1.54, 1.807) is 0 Å². The van der Waals surface area contributed by atoms with Gasteiger partial charge >= 0.3 is 0 Å². The molecule has 1 aliphatic carbocycles. The van der Waals surface area contributed by atoms with Gasteiger partial charge in [-0.25, -0.2) is 0 Å². The maximum absolute atomic E-state index is 12.2. The molecule has 0 aromatic heterocycles. The molecule has 24 heavy (non-hydrogen) atoms. The van der Waals surface area contributed by atoms with Crippen LogP contribution in [0.4, 0.5) is 0 Å². The van der Waals surface area contributed by atoms with Crippen LogP contribution in [0.1, 0.15) is 85.0 Å². The molecule has 3 unspecified atom stereocenters. The number of Topliss-reactive ketones (excluding diaryl/α,β-unsaturated/α-hetero) is 2. The lowest BCUT2D eigenvalue weighted by Gasteiger charge is -2.19. The minimum atomic E-state index is -0.561. The Morgan fingerprint density at radius 3 is 2.67 bits per heavy atom. The quantitative estimate of drug-likeness (QED) is 0.409. The number of hydrogen-bond acceptors (Lipinski definition) is 3. The molecule has 1 N–H and O–H groups in total. The average molecular weight is 337 g/mol. The van der Waals surface area contributed by atoms with Crippen LogP contribution in [-0.4, -0.2) is 22.8 Å². The van der Waals surface area contributed by atoms with Gasteiger partial charge in [0.25, 0.3) is 0 Å². The number of carbonyl (C=O) groups is 2. The predicted molar refractivity (Wildman–Crippen MR) is 98.8 cm³/mol. The zero-order valence-corrected chi connectivity index (χ0v) is 15.8. The van der Waals surface area contributed by atoms with E-state index in [-0.39, 0.29) is 29.8 Å². The summed E-state index contributed by atoms with van der Waals surface area (Å²) in [5, 5.41) is 10.2. The van der Waals surface area contributed by atoms with Crippen molar-refractivity contribution < 1.29 is 14.7 Å². The number of aliphatic hydroxyl groups excluding tert-OH is 1. The van der Waals surface area contributed by atoms with Crippen LogP contribution in [0.15, 0.2) is 12.2 Å². The summed E-state index contributed by atoms with van der Waals surface area (Å²) in [7, 11) is 0. The second-order valence-corrected chi connectivity index (χ2v) is 7.50. The van der Waals surface area contributed by atoms with Gasteiger partial charge in [-0.1, -0.05) is 52.2 Å². The third-order valence-corrected chi connectivity index (χ3v) is 5.44. The molecule has 4 atom stereocenters. The van der Waals surface area contributed by atoms with E-state index in [1.165, 1.54) is 0 Å². The van der Waals surface area contributed by atoms with E-state index in [0.29, 0.717) is 31.6 Å². The molecule has 3 heteroatoms. The number of unbranched alkanes of at least 4 members (excludes halogenated alkanes) is 2. The largest absolute Gasteiger partial charge is 0.392 e. The molecule has 0 amide bonds. The fourth-order valence-electron chi connectivity index (χ4n) is 3.48. The highest BCUT2D eigenvalue weighted by atomic mass is 16.3. The number of allylic oxidation sites excluding steroid dienone is 2. The van der Waals surface area contributed by atoms with Crippen LogP contribution in [0.2, 0.25) is 0 Å². The minimum Gasteiger partial charge on any atom is -0.392 e. The van der Waals surface area contributed by atoms with Gasteiger partial charge in [-0.05, 0) is 37.5 Å². The molecule has 0 aromatic carbocycles. The normalized spacial score (nSPS) is 25.5. The molecular formula is C21H36O3. The van der Waals surface area contributed by atoms with Crippen molar-refractivity contribution in [1.82, 2.24) is 0 Å². The number of ketones is 2. The van der Waals surface area contributed by atoms with Crippen molar-refractivity contribution in [2.45, 2.75) is 91.1 Å². The molecule has 0 aromatic rings.